The second-order valence-electron chi connectivity index (χ2n) is 6.20. The van der Waals surface area contributed by atoms with E-state index in [0.717, 1.165) is 37.9 Å². The summed E-state index contributed by atoms with van der Waals surface area (Å²) >= 11 is 0. The lowest BCUT2D eigenvalue weighted by atomic mass is 10.2. The molecule has 25 heavy (non-hydrogen) atoms. The largest absolute Gasteiger partial charge is 0.490 e. The van der Waals surface area contributed by atoms with E-state index in [2.05, 4.69) is 0 Å². The van der Waals surface area contributed by atoms with Crippen LogP contribution in [0.15, 0.2) is 24.3 Å². The minimum atomic E-state index is -0.765. The maximum Gasteiger partial charge on any atom is 0.331 e. The third kappa shape index (κ3) is 4.53. The van der Waals surface area contributed by atoms with Crippen molar-refractivity contribution in [3.8, 4) is 11.5 Å². The van der Waals surface area contributed by atoms with Crippen molar-refractivity contribution in [2.75, 3.05) is 26.3 Å². The Morgan fingerprint density at radius 1 is 1.12 bits per heavy atom. The first-order chi connectivity index (χ1) is 12.1. The average Bonchev–Trinajstić information content (AvgIpc) is 3.05. The van der Waals surface area contributed by atoms with E-state index < -0.39 is 12.1 Å². The molecule has 2 aliphatic heterocycles. The Bertz CT molecular complexity index is 664. The van der Waals surface area contributed by atoms with Gasteiger partial charge in [0.1, 0.15) is 0 Å². The number of fused-ring (bicyclic) bond motifs is 1. The Balaban J connectivity index is 1.57. The average molecular weight is 345 g/mol. The molecule has 0 aliphatic carbocycles. The zero-order valence-corrected chi connectivity index (χ0v) is 14.4. The summed E-state index contributed by atoms with van der Waals surface area (Å²) in [6, 6.07) is 5.49. The molecule has 3 rings (SSSR count). The number of carbonyl (C=O) groups excluding carboxylic acids is 2. The molecule has 2 heterocycles. The monoisotopic (exact) mass is 345 g/mol. The Kier molecular flexibility index (Phi) is 5.58. The summed E-state index contributed by atoms with van der Waals surface area (Å²) in [5, 5.41) is 0. The molecule has 0 saturated carbocycles. The fourth-order valence-electron chi connectivity index (χ4n) is 2.91. The maximum absolute atomic E-state index is 12.1. The molecule has 1 fully saturated rings. The molecule has 0 unspecified atom stereocenters. The lowest BCUT2D eigenvalue weighted by Gasteiger charge is -2.19. The molecule has 1 aromatic carbocycles. The lowest BCUT2D eigenvalue weighted by Crippen LogP contribution is -2.37. The second kappa shape index (κ2) is 8.05. The number of nitrogens with zero attached hydrogens (tertiary/aromatic N) is 1. The van der Waals surface area contributed by atoms with Crippen molar-refractivity contribution in [1.29, 1.82) is 0 Å². The zero-order chi connectivity index (χ0) is 17.6. The van der Waals surface area contributed by atoms with Gasteiger partial charge in [-0.1, -0.05) is 6.07 Å². The minimum absolute atomic E-state index is 0.130. The zero-order valence-electron chi connectivity index (χ0n) is 14.4. The highest BCUT2D eigenvalue weighted by Crippen LogP contribution is 2.30. The summed E-state index contributed by atoms with van der Waals surface area (Å²) in [4.78, 5) is 25.8. The first kappa shape index (κ1) is 17.3. The molecule has 1 atom stereocenters. The SMILES string of the molecule is C[C@@H](OC(=O)/C=C/c1ccc2c(c1)OCCCO2)C(=O)N1CCCC1. The van der Waals surface area contributed by atoms with E-state index in [1.165, 1.54) is 6.08 Å². The topological polar surface area (TPSA) is 65.1 Å². The number of ether oxygens (including phenoxy) is 3. The van der Waals surface area contributed by atoms with Crippen LogP contribution in [0.1, 0.15) is 31.7 Å². The van der Waals surface area contributed by atoms with E-state index in [1.54, 1.807) is 17.9 Å². The van der Waals surface area contributed by atoms with Gasteiger partial charge in [-0.2, -0.15) is 0 Å². The van der Waals surface area contributed by atoms with Crippen molar-refractivity contribution >= 4 is 18.0 Å². The van der Waals surface area contributed by atoms with Crippen LogP contribution in [-0.4, -0.2) is 49.2 Å². The van der Waals surface area contributed by atoms with Gasteiger partial charge < -0.3 is 19.1 Å². The molecule has 6 heteroatoms. The van der Waals surface area contributed by atoms with Crippen molar-refractivity contribution in [3.63, 3.8) is 0 Å². The van der Waals surface area contributed by atoms with E-state index in [1.807, 2.05) is 18.2 Å². The van der Waals surface area contributed by atoms with Gasteiger partial charge in [0.25, 0.3) is 5.91 Å². The highest BCUT2D eigenvalue weighted by atomic mass is 16.5. The molecule has 6 nitrogen and oxygen atoms in total. The number of hydrogen-bond donors (Lipinski definition) is 0. The van der Waals surface area contributed by atoms with Crippen molar-refractivity contribution in [3.05, 3.63) is 29.8 Å². The number of likely N-dealkylation sites (tertiary alicyclic amines) is 1. The van der Waals surface area contributed by atoms with E-state index in [-0.39, 0.29) is 5.91 Å². The van der Waals surface area contributed by atoms with Crippen LogP contribution in [0.4, 0.5) is 0 Å². The van der Waals surface area contributed by atoms with Gasteiger partial charge in [-0.15, -0.1) is 0 Å². The number of esters is 1. The number of rotatable bonds is 4. The molecular formula is C19H23NO5. The van der Waals surface area contributed by atoms with E-state index >= 15 is 0 Å². The van der Waals surface area contributed by atoms with Gasteiger partial charge in [0.05, 0.1) is 13.2 Å². The van der Waals surface area contributed by atoms with Crippen LogP contribution in [0.3, 0.4) is 0 Å². The van der Waals surface area contributed by atoms with Crippen LogP contribution in [-0.2, 0) is 14.3 Å². The van der Waals surface area contributed by atoms with Crippen molar-refractivity contribution in [2.24, 2.45) is 0 Å². The molecule has 134 valence electrons. The highest BCUT2D eigenvalue weighted by molar-refractivity contribution is 5.90. The number of carbonyl (C=O) groups is 2. The summed E-state index contributed by atoms with van der Waals surface area (Å²) in [5.74, 6) is 0.717. The summed E-state index contributed by atoms with van der Waals surface area (Å²) in [6.07, 6.45) is 5.07. The highest BCUT2D eigenvalue weighted by Gasteiger charge is 2.25. The van der Waals surface area contributed by atoms with E-state index in [4.69, 9.17) is 14.2 Å². The molecule has 0 spiro atoms. The third-order valence-electron chi connectivity index (χ3n) is 4.24. The van der Waals surface area contributed by atoms with Gasteiger partial charge in [-0.05, 0) is 43.5 Å². The molecule has 0 radical (unpaired) electrons. The Hall–Kier alpha value is -2.50. The normalized spacial score (nSPS) is 18.0. The van der Waals surface area contributed by atoms with Crippen LogP contribution in [0.5, 0.6) is 11.5 Å². The fraction of sp³-hybridized carbons (Fsp3) is 0.474. The second-order valence-corrected chi connectivity index (χ2v) is 6.20. The molecular weight excluding hydrogens is 322 g/mol. The van der Waals surface area contributed by atoms with Crippen LogP contribution >= 0.6 is 0 Å². The van der Waals surface area contributed by atoms with Gasteiger partial charge in [-0.25, -0.2) is 4.79 Å². The number of benzene rings is 1. The predicted octanol–water partition coefficient (Wildman–Crippen LogP) is 2.42. The van der Waals surface area contributed by atoms with Crippen LogP contribution in [0.25, 0.3) is 6.08 Å². The molecule has 0 bridgehead atoms. The smallest absolute Gasteiger partial charge is 0.331 e. The van der Waals surface area contributed by atoms with Gasteiger partial charge in [0, 0.05) is 25.6 Å². The van der Waals surface area contributed by atoms with Gasteiger partial charge in [0.15, 0.2) is 17.6 Å². The Labute approximate surface area is 147 Å². The number of amides is 1. The minimum Gasteiger partial charge on any atom is -0.490 e. The van der Waals surface area contributed by atoms with Gasteiger partial charge in [0.2, 0.25) is 0 Å². The summed E-state index contributed by atoms with van der Waals surface area (Å²) in [6.45, 7) is 4.34. The maximum atomic E-state index is 12.1. The summed E-state index contributed by atoms with van der Waals surface area (Å²) in [7, 11) is 0. The fourth-order valence-corrected chi connectivity index (χ4v) is 2.91. The molecule has 0 N–H and O–H groups in total. The van der Waals surface area contributed by atoms with Gasteiger partial charge in [-0.3, -0.25) is 4.79 Å². The standard InChI is InChI=1S/C19H23NO5/c1-14(19(22)20-9-2-3-10-20)25-18(21)8-6-15-5-7-16-17(13-15)24-12-4-11-23-16/h5-8,13-14H,2-4,9-12H2,1H3/b8-6+/t14-/m1/s1. The Morgan fingerprint density at radius 3 is 2.60 bits per heavy atom. The van der Waals surface area contributed by atoms with Crippen molar-refractivity contribution in [1.82, 2.24) is 4.90 Å². The van der Waals surface area contributed by atoms with Crippen molar-refractivity contribution in [2.45, 2.75) is 32.3 Å². The Morgan fingerprint density at radius 2 is 1.84 bits per heavy atom. The number of hydrogen-bond acceptors (Lipinski definition) is 5. The van der Waals surface area contributed by atoms with Crippen LogP contribution < -0.4 is 9.47 Å². The molecule has 2 aliphatic rings. The van der Waals surface area contributed by atoms with Gasteiger partial charge >= 0.3 is 5.97 Å². The first-order valence-electron chi connectivity index (χ1n) is 8.70. The molecule has 1 saturated heterocycles. The predicted molar refractivity (Wildman–Crippen MR) is 92.5 cm³/mol. The quantitative estimate of drug-likeness (QED) is 0.619. The molecule has 1 amide bonds. The third-order valence-corrected chi connectivity index (χ3v) is 4.24. The molecule has 0 aromatic heterocycles. The van der Waals surface area contributed by atoms with E-state index in [9.17, 15) is 9.59 Å². The lowest BCUT2D eigenvalue weighted by molar-refractivity contribution is -0.154. The first-order valence-corrected chi connectivity index (χ1v) is 8.70. The molecule has 1 aromatic rings. The van der Waals surface area contributed by atoms with Crippen LogP contribution in [0, 0.1) is 0 Å². The summed E-state index contributed by atoms with van der Waals surface area (Å²) < 4.78 is 16.4. The van der Waals surface area contributed by atoms with Crippen molar-refractivity contribution < 1.29 is 23.8 Å². The summed E-state index contributed by atoms with van der Waals surface area (Å²) in [5.41, 5.74) is 0.805. The van der Waals surface area contributed by atoms with Crippen LogP contribution in [0.2, 0.25) is 0 Å². The van der Waals surface area contributed by atoms with E-state index in [0.29, 0.717) is 24.7 Å².